The van der Waals surface area contributed by atoms with E-state index in [4.69, 9.17) is 33.7 Å². The van der Waals surface area contributed by atoms with Crippen molar-refractivity contribution >= 4 is 82.0 Å². The van der Waals surface area contributed by atoms with Crippen molar-refractivity contribution in [1.29, 1.82) is 0 Å². The highest BCUT2D eigenvalue weighted by Crippen LogP contribution is 2.42. The molecule has 4 atom stereocenters. The predicted octanol–water partition coefficient (Wildman–Crippen LogP) is 7.91. The molecule has 7 heterocycles. The summed E-state index contributed by atoms with van der Waals surface area (Å²) in [6.45, 7) is 1.73. The topological polar surface area (TPSA) is 219 Å². The summed E-state index contributed by atoms with van der Waals surface area (Å²) in [5.74, 6) is 0.732. The van der Waals surface area contributed by atoms with E-state index in [1.54, 1.807) is 63.4 Å². The molecule has 20 heteroatoms. The molecule has 7 amide bonds. The smallest absolute Gasteiger partial charge is 0.260 e. The molecule has 0 aliphatic carbocycles. The normalized spacial score (nSPS) is 20.5. The summed E-state index contributed by atoms with van der Waals surface area (Å²) in [6.07, 6.45) is 15.9. The largest absolute Gasteiger partial charge is 0.497 e. The van der Waals surface area contributed by atoms with Gasteiger partial charge >= 0.3 is 0 Å². The van der Waals surface area contributed by atoms with Gasteiger partial charge in [0.25, 0.3) is 23.6 Å². The zero-order chi connectivity index (χ0) is 57.0. The zero-order valence-electron chi connectivity index (χ0n) is 46.0. The van der Waals surface area contributed by atoms with Gasteiger partial charge in [-0.1, -0.05) is 30.7 Å². The molecule has 82 heavy (non-hydrogen) atoms. The molecule has 11 rings (SSSR count). The summed E-state index contributed by atoms with van der Waals surface area (Å²) in [6, 6.07) is 20.0. The third kappa shape index (κ3) is 11.2. The maximum Gasteiger partial charge on any atom is 0.260 e. The average molecular weight is 1110 g/mol. The van der Waals surface area contributed by atoms with E-state index in [0.29, 0.717) is 135 Å². The summed E-state index contributed by atoms with van der Waals surface area (Å²) < 4.78 is 29.0. The number of aliphatic imine (C=N–C) groups is 2. The first-order valence-corrected chi connectivity index (χ1v) is 27.9. The molecule has 1 N–H and O–H groups in total. The molecule has 0 aromatic heterocycles. The first kappa shape index (κ1) is 54.9. The van der Waals surface area contributed by atoms with Crippen LogP contribution in [0, 0.1) is 0 Å². The van der Waals surface area contributed by atoms with Crippen LogP contribution in [-0.4, -0.2) is 157 Å². The number of ether oxygens (including phenoxy) is 5. The summed E-state index contributed by atoms with van der Waals surface area (Å²) in [4.78, 5) is 110. The highest BCUT2D eigenvalue weighted by Gasteiger charge is 2.42. The number of hydrogen-bond acceptors (Lipinski definition) is 14. The van der Waals surface area contributed by atoms with E-state index in [2.05, 4.69) is 5.32 Å². The Morgan fingerprint density at radius 3 is 1.68 bits per heavy atom. The van der Waals surface area contributed by atoms with Crippen molar-refractivity contribution in [3.8, 4) is 28.7 Å². The number of unbranched alkanes of at least 4 members (excludes halogenated alkanes) is 2. The van der Waals surface area contributed by atoms with Crippen molar-refractivity contribution in [2.75, 3.05) is 59.5 Å². The molecular formula is C62H64N8O12. The monoisotopic (exact) mass is 1110 g/mol. The number of benzene rings is 4. The van der Waals surface area contributed by atoms with Gasteiger partial charge in [0.15, 0.2) is 23.0 Å². The van der Waals surface area contributed by atoms with E-state index in [0.717, 1.165) is 28.0 Å². The lowest BCUT2D eigenvalue weighted by Gasteiger charge is -2.31. The number of nitrogens with zero attached hydrogens (tertiary/aromatic N) is 7. The number of anilines is 1. The molecule has 4 unspecified atom stereocenters. The van der Waals surface area contributed by atoms with E-state index in [9.17, 15) is 33.6 Å². The lowest BCUT2D eigenvalue weighted by Crippen LogP contribution is -2.51. The van der Waals surface area contributed by atoms with Crippen LogP contribution < -0.4 is 29.0 Å². The van der Waals surface area contributed by atoms with Gasteiger partial charge in [-0.05, 0) is 97.2 Å². The summed E-state index contributed by atoms with van der Waals surface area (Å²) in [5, 5.41) is 3.00. The van der Waals surface area contributed by atoms with Gasteiger partial charge < -0.3 is 48.6 Å². The molecule has 4 aromatic rings. The molecule has 2 saturated heterocycles. The second kappa shape index (κ2) is 23.9. The molecule has 4 aromatic carbocycles. The fourth-order valence-corrected chi connectivity index (χ4v) is 11.7. The van der Waals surface area contributed by atoms with Crippen LogP contribution in [0.4, 0.5) is 17.1 Å². The second-order valence-electron chi connectivity index (χ2n) is 21.1. The average Bonchev–Trinajstić information content (AvgIpc) is 4.54. The number of fused-ring (bicyclic) bond motifs is 4. The third-order valence-corrected chi connectivity index (χ3v) is 16.1. The predicted molar refractivity (Wildman–Crippen MR) is 305 cm³/mol. The quantitative estimate of drug-likeness (QED) is 0.0660. The SMILES string of the molecule is COc1ccc(C2=CN3C(=O)c4cc(OC)c(OCCCOc5cc6c(cc5OC)C(=O)N5C=C(c7ccc(NC(=O)C8CCCN8C(=O)C8CCCN8C(=O)CCCCCN8C(=O)C=CC8=O)cc7)CC5C=N6)cc4N=CC3C2)cc1. The third-order valence-electron chi connectivity index (χ3n) is 16.1. The fourth-order valence-electron chi connectivity index (χ4n) is 11.7. The number of rotatable bonds is 20. The van der Waals surface area contributed by atoms with Gasteiger partial charge in [0.1, 0.15) is 17.8 Å². The van der Waals surface area contributed by atoms with E-state index in [1.165, 1.54) is 31.3 Å². The van der Waals surface area contributed by atoms with E-state index in [-0.39, 0.29) is 73.1 Å². The lowest BCUT2D eigenvalue weighted by molar-refractivity contribution is -0.146. The zero-order valence-corrected chi connectivity index (χ0v) is 46.0. The Hall–Kier alpha value is -9.07. The van der Waals surface area contributed by atoms with Crippen molar-refractivity contribution in [3.05, 3.63) is 120 Å². The Balaban J connectivity index is 0.657. The van der Waals surface area contributed by atoms with Gasteiger partial charge in [0, 0.05) is 100 Å². The molecule has 20 nitrogen and oxygen atoms in total. The van der Waals surface area contributed by atoms with E-state index in [1.807, 2.05) is 60.9 Å². The van der Waals surface area contributed by atoms with Crippen molar-refractivity contribution < 1.29 is 57.2 Å². The van der Waals surface area contributed by atoms with Crippen LogP contribution >= 0.6 is 0 Å². The summed E-state index contributed by atoms with van der Waals surface area (Å²) in [5.41, 5.74) is 6.10. The number of carbonyl (C=O) groups is 7. The van der Waals surface area contributed by atoms with Gasteiger partial charge in [-0.15, -0.1) is 0 Å². The molecule has 0 radical (unpaired) electrons. The van der Waals surface area contributed by atoms with E-state index < -0.39 is 12.1 Å². The number of hydrogen-bond donors (Lipinski definition) is 1. The van der Waals surface area contributed by atoms with Crippen LogP contribution in [-0.2, 0) is 24.0 Å². The first-order valence-electron chi connectivity index (χ1n) is 27.9. The number of amides is 7. The van der Waals surface area contributed by atoms with Crippen LogP contribution in [0.2, 0.25) is 0 Å². The van der Waals surface area contributed by atoms with Crippen LogP contribution in [0.3, 0.4) is 0 Å². The summed E-state index contributed by atoms with van der Waals surface area (Å²) >= 11 is 0. The highest BCUT2D eigenvalue weighted by molar-refractivity contribution is 6.13. The van der Waals surface area contributed by atoms with Crippen molar-refractivity contribution in [2.45, 2.75) is 94.8 Å². The van der Waals surface area contributed by atoms with Crippen LogP contribution in [0.25, 0.3) is 11.1 Å². The molecular weight excluding hydrogens is 1050 g/mol. The molecule has 7 aliphatic rings. The summed E-state index contributed by atoms with van der Waals surface area (Å²) in [7, 11) is 4.67. The van der Waals surface area contributed by atoms with E-state index >= 15 is 0 Å². The Morgan fingerprint density at radius 2 is 1.13 bits per heavy atom. The van der Waals surface area contributed by atoms with Crippen LogP contribution in [0.1, 0.15) is 102 Å². The Labute approximate surface area is 474 Å². The molecule has 7 aliphatic heterocycles. The molecule has 0 spiro atoms. The molecule has 0 saturated carbocycles. The number of carbonyl (C=O) groups excluding carboxylic acids is 7. The fraction of sp³-hybridized carbons (Fsp3) is 0.371. The van der Waals surface area contributed by atoms with Crippen molar-refractivity contribution in [2.24, 2.45) is 9.98 Å². The van der Waals surface area contributed by atoms with Gasteiger partial charge in [-0.25, -0.2) is 0 Å². The molecule has 424 valence electrons. The number of likely N-dealkylation sites (tertiary alicyclic amines) is 2. The van der Waals surface area contributed by atoms with Gasteiger partial charge in [-0.3, -0.25) is 48.4 Å². The molecule has 2 fully saturated rings. The Bertz CT molecular complexity index is 3350. The van der Waals surface area contributed by atoms with Gasteiger partial charge in [0.05, 0.1) is 69.1 Å². The Morgan fingerprint density at radius 1 is 0.598 bits per heavy atom. The highest BCUT2D eigenvalue weighted by atomic mass is 16.5. The molecule has 0 bridgehead atoms. The van der Waals surface area contributed by atoms with Crippen LogP contribution in [0.5, 0.6) is 28.7 Å². The van der Waals surface area contributed by atoms with Crippen LogP contribution in [0.15, 0.2) is 107 Å². The minimum absolute atomic E-state index is 0.105. The maximum atomic E-state index is 14.2. The van der Waals surface area contributed by atoms with Gasteiger partial charge in [0.2, 0.25) is 17.7 Å². The number of nitrogens with one attached hydrogen (secondary N) is 1. The first-order chi connectivity index (χ1) is 39.9. The standard InChI is InChI=1S/C62H64N8O12/c1-78-45-19-15-39(16-20-45)41-29-44-35-64-49-33-55(53(80-3)31-47(49)61(76)70(44)37-41)82-27-9-26-81-54-32-48-46(30-52(54)79-2)60(75)69-36-40(28-43(69)34-63-48)38-13-17-42(18-14-38)65-59(74)50-10-7-25-67(50)62(77)51-11-8-24-66(51)56(71)12-5-4-6-23-68-57(72)21-22-58(68)73/h13-22,30-37,43-44,50-51H,4-12,23-29H2,1-3H3,(H,65,74). The lowest BCUT2D eigenvalue weighted by atomic mass is 10.0. The number of methoxy groups -OCH3 is 3. The minimum Gasteiger partial charge on any atom is -0.497 e. The maximum absolute atomic E-state index is 14.2. The number of imide groups is 1. The van der Waals surface area contributed by atoms with Crippen molar-refractivity contribution in [1.82, 2.24) is 24.5 Å². The minimum atomic E-state index is -0.672. The Kier molecular flexibility index (Phi) is 16.0. The van der Waals surface area contributed by atoms with Crippen molar-refractivity contribution in [3.63, 3.8) is 0 Å². The second-order valence-corrected chi connectivity index (χ2v) is 21.1. The van der Waals surface area contributed by atoms with Gasteiger partial charge in [-0.2, -0.15) is 0 Å².